The number of halogens is 3. The predicted octanol–water partition coefficient (Wildman–Crippen LogP) is 2.78. The highest BCUT2D eigenvalue weighted by Gasteiger charge is 2.36. The lowest BCUT2D eigenvalue weighted by atomic mass is 10.0. The van der Waals surface area contributed by atoms with Crippen molar-refractivity contribution in [2.45, 2.75) is 31.7 Å². The van der Waals surface area contributed by atoms with Crippen molar-refractivity contribution in [3.8, 4) is 0 Å². The lowest BCUT2D eigenvalue weighted by Crippen LogP contribution is -2.49. The third kappa shape index (κ3) is 9.55. The van der Waals surface area contributed by atoms with Crippen LogP contribution in [0.15, 0.2) is 18.2 Å². The van der Waals surface area contributed by atoms with Crippen molar-refractivity contribution in [2.24, 2.45) is 0 Å². The number of ether oxygens (including phenoxy) is 4. The van der Waals surface area contributed by atoms with Gasteiger partial charge in [-0.3, -0.25) is 4.79 Å². The number of carbonyl (C=O) groups is 2. The molecule has 3 aromatic rings. The first-order chi connectivity index (χ1) is 25.9. The van der Waals surface area contributed by atoms with Crippen LogP contribution in [0.5, 0.6) is 0 Å². The fraction of sp³-hybridized carbons (Fsp3) is 0.600. The standard InChI is InChI=1S/C35H48F3N9O7/c1-43-12-13-46(22-27(43)48)31-29-28(30(44-10-8-24(54-5)9-11-44)41-33(39-29)45(14-17-51-2)15-18-52-3)40-34(42-31)47(16-19-53-4)21-23-6-7-25(32(49)50)26(20-23)35(36,37)38/h6-7,20,24H,8-19,21-22H2,1-5H3,(H,49,50). The van der Waals surface area contributed by atoms with Gasteiger partial charge in [0.25, 0.3) is 0 Å². The number of carboxylic acids is 1. The summed E-state index contributed by atoms with van der Waals surface area (Å²) < 4.78 is 63.9. The topological polar surface area (TPSA) is 159 Å². The van der Waals surface area contributed by atoms with E-state index in [0.717, 1.165) is 25.0 Å². The molecule has 0 spiro atoms. The third-order valence-electron chi connectivity index (χ3n) is 9.57. The molecular formula is C35H48F3N9O7. The second-order valence-electron chi connectivity index (χ2n) is 13.1. The van der Waals surface area contributed by atoms with Crippen molar-refractivity contribution in [3.63, 3.8) is 0 Å². The van der Waals surface area contributed by atoms with Gasteiger partial charge in [0.05, 0.1) is 43.6 Å². The number of hydrogen-bond donors (Lipinski definition) is 1. The number of methoxy groups -OCH3 is 4. The van der Waals surface area contributed by atoms with Crippen LogP contribution in [0.3, 0.4) is 0 Å². The number of hydrogen-bond acceptors (Lipinski definition) is 14. The molecule has 0 aliphatic carbocycles. The van der Waals surface area contributed by atoms with Crippen LogP contribution in [0, 0.1) is 0 Å². The Balaban J connectivity index is 1.72. The van der Waals surface area contributed by atoms with Crippen LogP contribution in [0.25, 0.3) is 11.0 Å². The minimum atomic E-state index is -4.90. The summed E-state index contributed by atoms with van der Waals surface area (Å²) in [6, 6.07) is 3.13. The minimum Gasteiger partial charge on any atom is -0.478 e. The van der Waals surface area contributed by atoms with E-state index in [0.29, 0.717) is 81.1 Å². The molecule has 0 radical (unpaired) electrons. The zero-order chi connectivity index (χ0) is 39.0. The fourth-order valence-electron chi connectivity index (χ4n) is 6.43. The largest absolute Gasteiger partial charge is 0.478 e. The molecule has 2 aliphatic rings. The Kier molecular flexibility index (Phi) is 13.6. The number of amides is 1. The Morgan fingerprint density at radius 3 is 1.91 bits per heavy atom. The summed E-state index contributed by atoms with van der Waals surface area (Å²) >= 11 is 0. The molecule has 0 unspecified atom stereocenters. The van der Waals surface area contributed by atoms with Crippen molar-refractivity contribution in [2.75, 3.05) is 127 Å². The van der Waals surface area contributed by atoms with Gasteiger partial charge >= 0.3 is 12.1 Å². The average molecular weight is 764 g/mol. The smallest absolute Gasteiger partial charge is 0.417 e. The number of aromatic nitrogens is 4. The summed E-state index contributed by atoms with van der Waals surface area (Å²) in [6.07, 6.45) is -3.35. The normalized spacial score (nSPS) is 15.7. The zero-order valence-corrected chi connectivity index (χ0v) is 31.3. The number of piperazine rings is 1. The number of piperidine rings is 1. The maximum atomic E-state index is 14.0. The first-order valence-corrected chi connectivity index (χ1v) is 17.6. The summed E-state index contributed by atoms with van der Waals surface area (Å²) in [7, 11) is 8.14. The Bertz CT molecular complexity index is 1750. The molecule has 2 aliphatic heterocycles. The summed E-state index contributed by atoms with van der Waals surface area (Å²) in [5, 5.41) is 9.47. The Morgan fingerprint density at radius 1 is 0.833 bits per heavy atom. The van der Waals surface area contributed by atoms with E-state index >= 15 is 0 Å². The number of nitrogens with zero attached hydrogens (tertiary/aromatic N) is 9. The molecule has 0 atom stereocenters. The van der Waals surface area contributed by atoms with Crippen LogP contribution in [0.1, 0.15) is 34.3 Å². The molecule has 1 N–H and O–H groups in total. The van der Waals surface area contributed by atoms with E-state index in [1.165, 1.54) is 13.2 Å². The number of carbonyl (C=O) groups excluding carboxylic acids is 1. The van der Waals surface area contributed by atoms with Gasteiger partial charge in [0.1, 0.15) is 11.0 Å². The molecule has 54 heavy (non-hydrogen) atoms. The van der Waals surface area contributed by atoms with Crippen molar-refractivity contribution in [1.82, 2.24) is 24.8 Å². The zero-order valence-electron chi connectivity index (χ0n) is 31.3. The van der Waals surface area contributed by atoms with Crippen LogP contribution in [0.4, 0.5) is 36.7 Å². The van der Waals surface area contributed by atoms with Crippen LogP contribution in [-0.2, 0) is 36.5 Å². The number of fused-ring (bicyclic) bond motifs is 1. The van der Waals surface area contributed by atoms with Crippen LogP contribution in [-0.4, -0.2) is 156 Å². The summed E-state index contributed by atoms with van der Waals surface area (Å²) in [4.78, 5) is 54.1. The number of rotatable bonds is 17. The number of anilines is 4. The minimum absolute atomic E-state index is 0.0106. The Labute approximate surface area is 311 Å². The van der Waals surface area contributed by atoms with Crippen LogP contribution >= 0.6 is 0 Å². The van der Waals surface area contributed by atoms with E-state index in [2.05, 4.69) is 4.90 Å². The van der Waals surface area contributed by atoms with Crippen molar-refractivity contribution < 1.29 is 46.8 Å². The summed E-state index contributed by atoms with van der Waals surface area (Å²) in [5.74, 6) is -0.358. The molecule has 1 amide bonds. The summed E-state index contributed by atoms with van der Waals surface area (Å²) in [6.45, 7) is 4.01. The quantitative estimate of drug-likeness (QED) is 0.214. The molecule has 1 aromatic carbocycles. The first-order valence-electron chi connectivity index (χ1n) is 17.6. The van der Waals surface area contributed by atoms with Gasteiger partial charge in [-0.2, -0.15) is 23.1 Å². The molecule has 2 saturated heterocycles. The first kappa shape index (κ1) is 40.6. The lowest BCUT2D eigenvalue weighted by molar-refractivity contribution is -0.138. The van der Waals surface area contributed by atoms with Crippen molar-refractivity contribution >= 4 is 46.4 Å². The second kappa shape index (κ2) is 18.2. The van der Waals surface area contributed by atoms with Crippen molar-refractivity contribution in [3.05, 3.63) is 34.9 Å². The van der Waals surface area contributed by atoms with Gasteiger partial charge in [-0.25, -0.2) is 14.8 Å². The van der Waals surface area contributed by atoms with Gasteiger partial charge in [-0.15, -0.1) is 0 Å². The van der Waals surface area contributed by atoms with Gasteiger partial charge in [0.15, 0.2) is 11.6 Å². The van der Waals surface area contributed by atoms with Gasteiger partial charge in [0.2, 0.25) is 17.8 Å². The predicted molar refractivity (Wildman–Crippen MR) is 195 cm³/mol. The number of alkyl halides is 3. The summed E-state index contributed by atoms with van der Waals surface area (Å²) in [5.41, 5.74) is -1.12. The maximum absolute atomic E-state index is 14.0. The van der Waals surface area contributed by atoms with E-state index in [-0.39, 0.29) is 49.8 Å². The highest BCUT2D eigenvalue weighted by Crippen LogP contribution is 2.36. The van der Waals surface area contributed by atoms with Crippen LogP contribution in [0.2, 0.25) is 0 Å². The highest BCUT2D eigenvalue weighted by molar-refractivity contribution is 5.96. The van der Waals surface area contributed by atoms with Gasteiger partial charge < -0.3 is 48.6 Å². The molecule has 4 heterocycles. The Hall–Kier alpha value is -4.59. The fourth-order valence-corrected chi connectivity index (χ4v) is 6.43. The number of benzene rings is 1. The van der Waals surface area contributed by atoms with E-state index in [1.54, 1.807) is 38.2 Å². The number of aromatic carboxylic acids is 1. The molecular weight excluding hydrogens is 715 g/mol. The average Bonchev–Trinajstić information content (AvgIpc) is 3.16. The molecule has 296 valence electrons. The van der Waals surface area contributed by atoms with E-state index in [9.17, 15) is 27.9 Å². The highest BCUT2D eigenvalue weighted by atomic mass is 19.4. The maximum Gasteiger partial charge on any atom is 0.417 e. The van der Waals surface area contributed by atoms with Gasteiger partial charge in [-0.05, 0) is 30.5 Å². The van der Waals surface area contributed by atoms with E-state index in [1.807, 2.05) is 9.80 Å². The molecule has 0 saturated carbocycles. The molecule has 16 nitrogen and oxygen atoms in total. The molecule has 2 aromatic heterocycles. The van der Waals surface area contributed by atoms with Crippen LogP contribution < -0.4 is 19.6 Å². The Morgan fingerprint density at radius 2 is 1.39 bits per heavy atom. The third-order valence-corrected chi connectivity index (χ3v) is 9.57. The molecule has 5 rings (SSSR count). The second-order valence-corrected chi connectivity index (χ2v) is 13.1. The monoisotopic (exact) mass is 763 g/mol. The van der Waals surface area contributed by atoms with E-state index < -0.39 is 23.3 Å². The number of likely N-dealkylation sites (N-methyl/N-ethyl adjacent to an activating group) is 1. The van der Waals surface area contributed by atoms with Gasteiger partial charge in [-0.1, -0.05) is 6.07 Å². The molecule has 2 fully saturated rings. The van der Waals surface area contributed by atoms with Crippen molar-refractivity contribution in [1.29, 1.82) is 0 Å². The SMILES string of the molecule is COCCN(Cc1ccc(C(=O)O)c(C(F)(F)F)c1)c1nc(N2CCN(C)C(=O)C2)c2nc(N(CCOC)CCOC)nc(N3CCC(OC)CC3)c2n1. The van der Waals surface area contributed by atoms with Gasteiger partial charge in [0, 0.05) is 87.8 Å². The molecule has 19 heteroatoms. The molecule has 0 bridgehead atoms. The number of carboxylic acid groups (broad SMARTS) is 1. The van der Waals surface area contributed by atoms with E-state index in [4.69, 9.17) is 38.9 Å². The lowest BCUT2D eigenvalue weighted by Gasteiger charge is -2.35.